The Balaban J connectivity index is 2.18. The number of benzene rings is 1. The van der Waals surface area contributed by atoms with Crippen LogP contribution in [-0.4, -0.2) is 17.9 Å². The fourth-order valence-electron chi connectivity index (χ4n) is 1.61. The molecule has 0 aliphatic carbocycles. The maximum Gasteiger partial charge on any atom is 0.257 e. The number of carbonyl (C=O) groups is 1. The second kappa shape index (κ2) is 5.48. The highest BCUT2D eigenvalue weighted by molar-refractivity contribution is 6.04. The van der Waals surface area contributed by atoms with Gasteiger partial charge in [-0.2, -0.15) is 0 Å². The third-order valence-corrected chi connectivity index (χ3v) is 2.65. The Bertz CT molecular complexity index is 596. The molecular formula is C14H14FN3O. The van der Waals surface area contributed by atoms with Crippen LogP contribution in [-0.2, 0) is 0 Å². The second-order valence-corrected chi connectivity index (χ2v) is 4.12. The minimum atomic E-state index is -0.459. The van der Waals surface area contributed by atoms with Gasteiger partial charge in [0.15, 0.2) is 0 Å². The number of aromatic nitrogens is 1. The molecule has 0 saturated heterocycles. The molecule has 5 heteroatoms. The van der Waals surface area contributed by atoms with E-state index in [1.807, 2.05) is 6.92 Å². The van der Waals surface area contributed by atoms with Crippen LogP contribution in [0.2, 0.25) is 0 Å². The number of rotatable bonds is 3. The molecule has 98 valence electrons. The average Bonchev–Trinajstić information content (AvgIpc) is 2.43. The smallest absolute Gasteiger partial charge is 0.257 e. The molecule has 0 spiro atoms. The molecule has 0 fully saturated rings. The lowest BCUT2D eigenvalue weighted by molar-refractivity contribution is 0.102. The summed E-state index contributed by atoms with van der Waals surface area (Å²) in [5, 5.41) is 5.39. The topological polar surface area (TPSA) is 54.0 Å². The molecular weight excluding hydrogens is 245 g/mol. The van der Waals surface area contributed by atoms with Crippen molar-refractivity contribution in [2.24, 2.45) is 0 Å². The number of amides is 1. The lowest BCUT2D eigenvalue weighted by Crippen LogP contribution is -2.13. The molecule has 0 bridgehead atoms. The van der Waals surface area contributed by atoms with Crippen molar-refractivity contribution in [3.05, 3.63) is 53.5 Å². The van der Waals surface area contributed by atoms with Gasteiger partial charge < -0.3 is 10.6 Å². The van der Waals surface area contributed by atoms with E-state index < -0.39 is 5.82 Å². The predicted molar refractivity (Wildman–Crippen MR) is 72.9 cm³/mol. The molecule has 19 heavy (non-hydrogen) atoms. The van der Waals surface area contributed by atoms with Gasteiger partial charge in [0.25, 0.3) is 5.91 Å². The van der Waals surface area contributed by atoms with Crippen molar-refractivity contribution < 1.29 is 9.18 Å². The van der Waals surface area contributed by atoms with Crippen molar-refractivity contribution in [3.8, 4) is 0 Å². The maximum atomic E-state index is 13.5. The van der Waals surface area contributed by atoms with Crippen LogP contribution >= 0.6 is 0 Å². The van der Waals surface area contributed by atoms with Gasteiger partial charge in [0, 0.05) is 13.2 Å². The highest BCUT2D eigenvalue weighted by Gasteiger charge is 2.09. The minimum absolute atomic E-state index is 0.169. The molecule has 1 amide bonds. The first-order valence-corrected chi connectivity index (χ1v) is 5.81. The third-order valence-electron chi connectivity index (χ3n) is 2.65. The van der Waals surface area contributed by atoms with Crippen LogP contribution in [0.25, 0.3) is 0 Å². The Labute approximate surface area is 110 Å². The lowest BCUT2D eigenvalue weighted by atomic mass is 10.2. The average molecular weight is 259 g/mol. The van der Waals surface area contributed by atoms with Gasteiger partial charge in [-0.3, -0.25) is 4.79 Å². The van der Waals surface area contributed by atoms with Gasteiger partial charge >= 0.3 is 0 Å². The van der Waals surface area contributed by atoms with Gasteiger partial charge in [0.05, 0.1) is 11.3 Å². The van der Waals surface area contributed by atoms with Gasteiger partial charge in [-0.1, -0.05) is 6.07 Å². The zero-order valence-electron chi connectivity index (χ0n) is 10.7. The molecule has 0 unspecified atom stereocenters. The predicted octanol–water partition coefficient (Wildman–Crippen LogP) is 2.82. The highest BCUT2D eigenvalue weighted by atomic mass is 19.1. The molecule has 0 aliphatic rings. The number of nitrogens with one attached hydrogen (secondary N) is 2. The first kappa shape index (κ1) is 13.0. The molecule has 1 aromatic carbocycles. The summed E-state index contributed by atoms with van der Waals surface area (Å²) >= 11 is 0. The Morgan fingerprint density at radius 3 is 2.68 bits per heavy atom. The summed E-state index contributed by atoms with van der Waals surface area (Å²) in [6, 6.07) is 7.87. The van der Waals surface area contributed by atoms with Crippen molar-refractivity contribution >= 4 is 17.4 Å². The van der Waals surface area contributed by atoms with Crippen molar-refractivity contribution in [2.75, 3.05) is 17.7 Å². The van der Waals surface area contributed by atoms with Crippen LogP contribution in [0.1, 0.15) is 15.9 Å². The van der Waals surface area contributed by atoms with Crippen LogP contribution in [0.3, 0.4) is 0 Å². The van der Waals surface area contributed by atoms with Gasteiger partial charge in [0.1, 0.15) is 11.6 Å². The van der Waals surface area contributed by atoms with Crippen LogP contribution in [0, 0.1) is 12.7 Å². The number of carbonyl (C=O) groups excluding carboxylic acids is 1. The number of hydrogen-bond acceptors (Lipinski definition) is 3. The Morgan fingerprint density at radius 2 is 2.05 bits per heavy atom. The van der Waals surface area contributed by atoms with Crippen LogP contribution in [0.5, 0.6) is 0 Å². The highest BCUT2D eigenvalue weighted by Crippen LogP contribution is 2.16. The number of anilines is 2. The zero-order valence-corrected chi connectivity index (χ0v) is 10.7. The van der Waals surface area contributed by atoms with Crippen LogP contribution < -0.4 is 10.6 Å². The summed E-state index contributed by atoms with van der Waals surface area (Å²) in [5.74, 6) is -0.184. The third kappa shape index (κ3) is 3.07. The van der Waals surface area contributed by atoms with E-state index in [4.69, 9.17) is 0 Å². The molecule has 1 aromatic heterocycles. The fraction of sp³-hybridized carbons (Fsp3) is 0.143. The number of pyridine rings is 1. The lowest BCUT2D eigenvalue weighted by Gasteiger charge is -2.07. The van der Waals surface area contributed by atoms with E-state index >= 15 is 0 Å². The standard InChI is InChI=1S/C14H14FN3O/c1-9-3-5-11(15)12(7-9)18-14(19)10-4-6-13(16-2)17-8-10/h3-8H,1-2H3,(H,16,17)(H,18,19). The SMILES string of the molecule is CNc1ccc(C(=O)Nc2cc(C)ccc2F)cn1. The summed E-state index contributed by atoms with van der Waals surface area (Å²) in [4.78, 5) is 16.0. The molecule has 2 N–H and O–H groups in total. The fourth-order valence-corrected chi connectivity index (χ4v) is 1.61. The van der Waals surface area contributed by atoms with E-state index in [9.17, 15) is 9.18 Å². The van der Waals surface area contributed by atoms with E-state index in [0.717, 1.165) is 5.56 Å². The van der Waals surface area contributed by atoms with E-state index in [2.05, 4.69) is 15.6 Å². The molecule has 2 aromatic rings. The number of hydrogen-bond donors (Lipinski definition) is 2. The van der Waals surface area contributed by atoms with Gasteiger partial charge in [-0.05, 0) is 36.8 Å². The van der Waals surface area contributed by atoms with E-state index in [1.54, 1.807) is 31.3 Å². The van der Waals surface area contributed by atoms with Crippen molar-refractivity contribution in [2.45, 2.75) is 6.92 Å². The second-order valence-electron chi connectivity index (χ2n) is 4.12. The number of nitrogens with zero attached hydrogens (tertiary/aromatic N) is 1. The molecule has 0 atom stereocenters. The summed E-state index contributed by atoms with van der Waals surface area (Å²) in [7, 11) is 1.74. The molecule has 0 radical (unpaired) electrons. The first-order valence-electron chi connectivity index (χ1n) is 5.81. The Morgan fingerprint density at radius 1 is 1.26 bits per heavy atom. The van der Waals surface area contributed by atoms with E-state index in [-0.39, 0.29) is 11.6 Å². The summed E-state index contributed by atoms with van der Waals surface area (Å²) in [6.45, 7) is 1.83. The van der Waals surface area contributed by atoms with Crippen molar-refractivity contribution in [1.29, 1.82) is 0 Å². The van der Waals surface area contributed by atoms with Gasteiger partial charge in [0.2, 0.25) is 0 Å². The van der Waals surface area contributed by atoms with E-state index in [1.165, 1.54) is 12.3 Å². The largest absolute Gasteiger partial charge is 0.373 e. The van der Waals surface area contributed by atoms with Crippen LogP contribution in [0.4, 0.5) is 15.9 Å². The quantitative estimate of drug-likeness (QED) is 0.891. The Hall–Kier alpha value is -2.43. The Kier molecular flexibility index (Phi) is 3.75. The van der Waals surface area contributed by atoms with Crippen molar-refractivity contribution in [1.82, 2.24) is 4.98 Å². The normalized spacial score (nSPS) is 10.1. The molecule has 0 saturated carbocycles. The van der Waals surface area contributed by atoms with Gasteiger partial charge in [-0.25, -0.2) is 9.37 Å². The zero-order chi connectivity index (χ0) is 13.8. The first-order chi connectivity index (χ1) is 9.10. The van der Waals surface area contributed by atoms with Crippen LogP contribution in [0.15, 0.2) is 36.5 Å². The summed E-state index contributed by atoms with van der Waals surface area (Å²) < 4.78 is 13.5. The number of aryl methyl sites for hydroxylation is 1. The molecule has 0 aliphatic heterocycles. The summed E-state index contributed by atoms with van der Waals surface area (Å²) in [5.41, 5.74) is 1.42. The minimum Gasteiger partial charge on any atom is -0.373 e. The monoisotopic (exact) mass is 259 g/mol. The summed E-state index contributed by atoms with van der Waals surface area (Å²) in [6.07, 6.45) is 1.44. The number of halogens is 1. The molecule has 2 rings (SSSR count). The molecule has 1 heterocycles. The van der Waals surface area contributed by atoms with E-state index in [0.29, 0.717) is 11.4 Å². The van der Waals surface area contributed by atoms with Gasteiger partial charge in [-0.15, -0.1) is 0 Å². The maximum absolute atomic E-state index is 13.5. The molecule has 4 nitrogen and oxygen atoms in total. The van der Waals surface area contributed by atoms with Crippen molar-refractivity contribution in [3.63, 3.8) is 0 Å².